The van der Waals surface area contributed by atoms with Crippen molar-refractivity contribution < 1.29 is 18.7 Å². The summed E-state index contributed by atoms with van der Waals surface area (Å²) >= 11 is 0. The van der Waals surface area contributed by atoms with Crippen LogP contribution in [0.3, 0.4) is 0 Å². The van der Waals surface area contributed by atoms with Gasteiger partial charge in [0, 0.05) is 48.0 Å². The number of rotatable bonds is 3. The van der Waals surface area contributed by atoms with Gasteiger partial charge in [-0.05, 0) is 50.3 Å². The molecule has 0 radical (unpaired) electrons. The summed E-state index contributed by atoms with van der Waals surface area (Å²) in [6.45, 7) is 3.00. The fourth-order valence-corrected chi connectivity index (χ4v) is 5.01. The van der Waals surface area contributed by atoms with Crippen molar-refractivity contribution in [2.75, 3.05) is 19.7 Å². The number of carbonyl (C=O) groups is 2. The van der Waals surface area contributed by atoms with Crippen molar-refractivity contribution in [3.8, 4) is 5.75 Å². The molecule has 1 aliphatic carbocycles. The zero-order valence-corrected chi connectivity index (χ0v) is 16.5. The molecule has 2 saturated heterocycles. The number of amides is 2. The number of aryl methyl sites for hydroxylation is 2. The van der Waals surface area contributed by atoms with E-state index >= 15 is 0 Å². The molecular formula is C22H24N2O5. The van der Waals surface area contributed by atoms with Crippen LogP contribution in [0.1, 0.15) is 36.0 Å². The second kappa shape index (κ2) is 6.90. The molecule has 0 saturated carbocycles. The van der Waals surface area contributed by atoms with Gasteiger partial charge >= 0.3 is 5.63 Å². The molecule has 1 aromatic carbocycles. The van der Waals surface area contributed by atoms with Crippen LogP contribution in [0.15, 0.2) is 21.3 Å². The van der Waals surface area contributed by atoms with E-state index in [0.29, 0.717) is 30.8 Å². The lowest BCUT2D eigenvalue weighted by Gasteiger charge is -2.34. The monoisotopic (exact) mass is 396 g/mol. The smallest absolute Gasteiger partial charge is 0.339 e. The number of ether oxygens (including phenoxy) is 1. The van der Waals surface area contributed by atoms with Crippen LogP contribution in [-0.2, 0) is 22.4 Å². The Morgan fingerprint density at radius 1 is 1.28 bits per heavy atom. The predicted octanol–water partition coefficient (Wildman–Crippen LogP) is 1.71. The molecule has 3 aliphatic rings. The number of carbonyl (C=O) groups excluding carboxylic acids is 2. The van der Waals surface area contributed by atoms with Gasteiger partial charge < -0.3 is 19.4 Å². The summed E-state index contributed by atoms with van der Waals surface area (Å²) in [6.07, 6.45) is 3.92. The van der Waals surface area contributed by atoms with Crippen molar-refractivity contribution in [3.05, 3.63) is 39.2 Å². The molecule has 7 nitrogen and oxygen atoms in total. The summed E-state index contributed by atoms with van der Waals surface area (Å²) in [5.74, 6) is 0.738. The summed E-state index contributed by atoms with van der Waals surface area (Å²) in [4.78, 5) is 38.3. The number of likely N-dealkylation sites (tertiary alicyclic amines) is 1. The fraction of sp³-hybridized carbons (Fsp3) is 0.500. The number of nitrogens with zero attached hydrogens (tertiary/aromatic N) is 1. The second-order valence-corrected chi connectivity index (χ2v) is 8.32. The molecule has 7 heteroatoms. The molecule has 29 heavy (non-hydrogen) atoms. The van der Waals surface area contributed by atoms with Gasteiger partial charge in [0.1, 0.15) is 11.3 Å². The Morgan fingerprint density at radius 3 is 2.97 bits per heavy atom. The molecule has 2 fully saturated rings. The number of piperidine rings is 1. The van der Waals surface area contributed by atoms with E-state index in [2.05, 4.69) is 5.32 Å². The first-order chi connectivity index (χ1) is 14.0. The standard InChI is InChI=1S/C22H24N2O5/c1-12-18(6-5-15-14-3-2-4-16(14)22(27)29-21(12)15)28-11-20(26)24-8-7-17-13(10-24)9-19(25)23-17/h5-6,13,17H,2-4,7-11H2,1H3,(H,23,25)/t13-,17+/m1/s1. The largest absolute Gasteiger partial charge is 0.483 e. The number of hydrogen-bond acceptors (Lipinski definition) is 5. The molecule has 2 aliphatic heterocycles. The Hall–Kier alpha value is -2.83. The van der Waals surface area contributed by atoms with Crippen LogP contribution in [0.25, 0.3) is 11.0 Å². The van der Waals surface area contributed by atoms with Crippen LogP contribution in [0, 0.1) is 12.8 Å². The Bertz CT molecular complexity index is 1070. The minimum Gasteiger partial charge on any atom is -0.483 e. The van der Waals surface area contributed by atoms with Gasteiger partial charge in [-0.1, -0.05) is 0 Å². The molecule has 2 atom stereocenters. The van der Waals surface area contributed by atoms with Gasteiger partial charge in [0.15, 0.2) is 6.61 Å². The number of hydrogen-bond donors (Lipinski definition) is 1. The Morgan fingerprint density at radius 2 is 2.10 bits per heavy atom. The zero-order valence-electron chi connectivity index (χ0n) is 16.5. The lowest BCUT2D eigenvalue weighted by Crippen LogP contribution is -2.48. The minimum absolute atomic E-state index is 0.0692. The lowest BCUT2D eigenvalue weighted by molar-refractivity contribution is -0.135. The summed E-state index contributed by atoms with van der Waals surface area (Å²) < 4.78 is 11.4. The molecule has 152 valence electrons. The Labute approximate surface area is 168 Å². The van der Waals surface area contributed by atoms with Crippen molar-refractivity contribution in [1.29, 1.82) is 0 Å². The fourth-order valence-electron chi connectivity index (χ4n) is 5.01. The van der Waals surface area contributed by atoms with Crippen molar-refractivity contribution in [2.24, 2.45) is 5.92 Å². The average Bonchev–Trinajstić information content (AvgIpc) is 3.33. The van der Waals surface area contributed by atoms with Gasteiger partial charge in [-0.15, -0.1) is 0 Å². The molecule has 3 heterocycles. The van der Waals surface area contributed by atoms with Gasteiger partial charge in [-0.25, -0.2) is 4.79 Å². The van der Waals surface area contributed by atoms with Gasteiger partial charge in [0.2, 0.25) is 5.91 Å². The molecule has 0 spiro atoms. The van der Waals surface area contributed by atoms with E-state index < -0.39 is 0 Å². The maximum atomic E-state index is 12.6. The average molecular weight is 396 g/mol. The molecular weight excluding hydrogens is 372 g/mol. The third-order valence-corrected chi connectivity index (χ3v) is 6.57. The van der Waals surface area contributed by atoms with Crippen molar-refractivity contribution >= 4 is 22.8 Å². The van der Waals surface area contributed by atoms with Crippen molar-refractivity contribution in [3.63, 3.8) is 0 Å². The van der Waals surface area contributed by atoms with Crippen LogP contribution in [0.4, 0.5) is 0 Å². The highest BCUT2D eigenvalue weighted by Crippen LogP contribution is 2.33. The van der Waals surface area contributed by atoms with Crippen LogP contribution in [0.5, 0.6) is 5.75 Å². The van der Waals surface area contributed by atoms with Crippen LogP contribution < -0.4 is 15.7 Å². The van der Waals surface area contributed by atoms with E-state index in [1.54, 1.807) is 4.90 Å². The van der Waals surface area contributed by atoms with E-state index in [4.69, 9.17) is 9.15 Å². The van der Waals surface area contributed by atoms with E-state index in [1.807, 2.05) is 19.1 Å². The van der Waals surface area contributed by atoms with Crippen LogP contribution in [0.2, 0.25) is 0 Å². The summed E-state index contributed by atoms with van der Waals surface area (Å²) in [5, 5.41) is 3.94. The third kappa shape index (κ3) is 3.09. The normalized spacial score (nSPS) is 23.1. The second-order valence-electron chi connectivity index (χ2n) is 8.32. The summed E-state index contributed by atoms with van der Waals surface area (Å²) in [6, 6.07) is 3.98. The SMILES string of the molecule is Cc1c(OCC(=O)N2CC[C@@H]3NC(=O)C[C@@H]3C2)ccc2c3c(c(=O)oc12)CCC3. The highest BCUT2D eigenvalue weighted by Gasteiger charge is 2.38. The molecule has 2 amide bonds. The number of benzene rings is 1. The molecule has 5 rings (SSSR count). The molecule has 2 aromatic rings. The topological polar surface area (TPSA) is 88.9 Å². The quantitative estimate of drug-likeness (QED) is 0.798. The van der Waals surface area contributed by atoms with Gasteiger partial charge in [0.05, 0.1) is 0 Å². The van der Waals surface area contributed by atoms with Crippen LogP contribution in [-0.4, -0.2) is 42.5 Å². The maximum Gasteiger partial charge on any atom is 0.339 e. The first-order valence-electron chi connectivity index (χ1n) is 10.3. The predicted molar refractivity (Wildman–Crippen MR) is 106 cm³/mol. The highest BCUT2D eigenvalue weighted by molar-refractivity contribution is 5.86. The molecule has 0 unspecified atom stereocenters. The maximum absolute atomic E-state index is 12.6. The molecule has 1 N–H and O–H groups in total. The number of fused-ring (bicyclic) bond motifs is 4. The summed E-state index contributed by atoms with van der Waals surface area (Å²) in [5.41, 5.74) is 2.92. The van der Waals surface area contributed by atoms with Crippen molar-refractivity contribution in [1.82, 2.24) is 10.2 Å². The summed E-state index contributed by atoms with van der Waals surface area (Å²) in [7, 11) is 0. The molecule has 1 aromatic heterocycles. The van der Waals surface area contributed by atoms with E-state index in [1.165, 1.54) is 0 Å². The Kier molecular flexibility index (Phi) is 4.33. The van der Waals surface area contributed by atoms with Gasteiger partial charge in [-0.2, -0.15) is 0 Å². The highest BCUT2D eigenvalue weighted by atomic mass is 16.5. The van der Waals surface area contributed by atoms with Crippen molar-refractivity contribution in [2.45, 2.75) is 45.1 Å². The number of nitrogens with one attached hydrogen (secondary N) is 1. The minimum atomic E-state index is -0.260. The first-order valence-corrected chi connectivity index (χ1v) is 10.3. The third-order valence-electron chi connectivity index (χ3n) is 6.57. The van der Waals surface area contributed by atoms with Gasteiger partial charge in [-0.3, -0.25) is 9.59 Å². The lowest BCUT2D eigenvalue weighted by atomic mass is 9.93. The first kappa shape index (κ1) is 18.2. The van der Waals surface area contributed by atoms with Crippen LogP contribution >= 0.6 is 0 Å². The van der Waals surface area contributed by atoms with E-state index in [-0.39, 0.29) is 36.0 Å². The molecule has 0 bridgehead atoms. The zero-order chi connectivity index (χ0) is 20.1. The Balaban J connectivity index is 1.31. The van der Waals surface area contributed by atoms with E-state index in [0.717, 1.165) is 47.8 Å². The van der Waals surface area contributed by atoms with Gasteiger partial charge in [0.25, 0.3) is 5.91 Å². The van der Waals surface area contributed by atoms with E-state index in [9.17, 15) is 14.4 Å².